The highest BCUT2D eigenvalue weighted by Crippen LogP contribution is 2.15. The van der Waals surface area contributed by atoms with Crippen LogP contribution in [0, 0.1) is 11.6 Å². The van der Waals surface area contributed by atoms with E-state index >= 15 is 0 Å². The number of hydrogen-bond donors (Lipinski definition) is 1. The van der Waals surface area contributed by atoms with E-state index in [4.69, 9.17) is 5.73 Å². The molecule has 1 heterocycles. The molecule has 0 bridgehead atoms. The summed E-state index contributed by atoms with van der Waals surface area (Å²) in [4.78, 5) is 2.08. The SMILES string of the molecule is NC1CCCN(Cc2cc(F)ccc2F)C1. The maximum atomic E-state index is 13.4. The van der Waals surface area contributed by atoms with Gasteiger partial charge in [0.2, 0.25) is 0 Å². The Labute approximate surface area is 94.0 Å². The zero-order valence-electron chi connectivity index (χ0n) is 9.13. The molecule has 16 heavy (non-hydrogen) atoms. The molecular weight excluding hydrogens is 210 g/mol. The number of halogens is 2. The summed E-state index contributed by atoms with van der Waals surface area (Å²) in [5.74, 6) is -0.738. The Morgan fingerprint density at radius 2 is 2.19 bits per heavy atom. The van der Waals surface area contributed by atoms with Gasteiger partial charge in [0.1, 0.15) is 11.6 Å². The molecule has 1 aromatic rings. The van der Waals surface area contributed by atoms with Crippen molar-refractivity contribution in [3.05, 3.63) is 35.4 Å². The Bertz CT molecular complexity index is 368. The molecule has 0 saturated carbocycles. The molecule has 0 spiro atoms. The number of likely N-dealkylation sites (tertiary alicyclic amines) is 1. The fraction of sp³-hybridized carbons (Fsp3) is 0.500. The van der Waals surface area contributed by atoms with Crippen molar-refractivity contribution in [2.24, 2.45) is 5.73 Å². The molecule has 1 unspecified atom stereocenters. The van der Waals surface area contributed by atoms with Crippen LogP contribution in [0.2, 0.25) is 0 Å². The number of rotatable bonds is 2. The van der Waals surface area contributed by atoms with Crippen molar-refractivity contribution in [1.29, 1.82) is 0 Å². The van der Waals surface area contributed by atoms with Crippen molar-refractivity contribution in [2.75, 3.05) is 13.1 Å². The molecule has 0 aromatic heterocycles. The molecule has 0 radical (unpaired) electrons. The first-order chi connectivity index (χ1) is 7.65. The largest absolute Gasteiger partial charge is 0.327 e. The van der Waals surface area contributed by atoms with Crippen molar-refractivity contribution in [1.82, 2.24) is 4.90 Å². The predicted octanol–water partition coefficient (Wildman–Crippen LogP) is 1.89. The fourth-order valence-corrected chi connectivity index (χ4v) is 2.14. The van der Waals surface area contributed by atoms with E-state index in [2.05, 4.69) is 4.90 Å². The normalized spacial score (nSPS) is 22.3. The van der Waals surface area contributed by atoms with E-state index in [9.17, 15) is 8.78 Å². The summed E-state index contributed by atoms with van der Waals surface area (Å²) in [6.07, 6.45) is 2.04. The highest BCUT2D eigenvalue weighted by atomic mass is 19.1. The summed E-state index contributed by atoms with van der Waals surface area (Å²) in [7, 11) is 0. The van der Waals surface area contributed by atoms with Crippen LogP contribution < -0.4 is 5.73 Å². The topological polar surface area (TPSA) is 29.3 Å². The second-order valence-electron chi connectivity index (χ2n) is 4.37. The Kier molecular flexibility index (Phi) is 3.51. The first-order valence-corrected chi connectivity index (χ1v) is 5.57. The minimum Gasteiger partial charge on any atom is -0.327 e. The zero-order valence-corrected chi connectivity index (χ0v) is 9.13. The monoisotopic (exact) mass is 226 g/mol. The lowest BCUT2D eigenvalue weighted by molar-refractivity contribution is 0.199. The minimum absolute atomic E-state index is 0.158. The molecule has 1 aromatic carbocycles. The second-order valence-corrected chi connectivity index (χ2v) is 4.37. The standard InChI is InChI=1S/C12H16F2N2/c13-10-3-4-12(14)9(6-10)7-16-5-1-2-11(15)8-16/h3-4,6,11H,1-2,5,7-8,15H2. The summed E-state index contributed by atoms with van der Waals surface area (Å²) in [5.41, 5.74) is 6.25. The maximum absolute atomic E-state index is 13.4. The minimum atomic E-state index is -0.391. The van der Waals surface area contributed by atoms with Gasteiger partial charge in [-0.15, -0.1) is 0 Å². The molecule has 1 saturated heterocycles. The quantitative estimate of drug-likeness (QED) is 0.834. The Balaban J connectivity index is 2.05. The summed E-state index contributed by atoms with van der Waals surface area (Å²) >= 11 is 0. The van der Waals surface area contributed by atoms with Crippen molar-refractivity contribution in [2.45, 2.75) is 25.4 Å². The smallest absolute Gasteiger partial charge is 0.127 e. The van der Waals surface area contributed by atoms with E-state index in [1.165, 1.54) is 12.1 Å². The number of hydrogen-bond acceptors (Lipinski definition) is 2. The lowest BCUT2D eigenvalue weighted by Gasteiger charge is -2.30. The summed E-state index contributed by atoms with van der Waals surface area (Å²) in [6, 6.07) is 3.73. The molecule has 2 nitrogen and oxygen atoms in total. The number of nitrogens with two attached hydrogens (primary N) is 1. The van der Waals surface area contributed by atoms with E-state index in [1.54, 1.807) is 0 Å². The second kappa shape index (κ2) is 4.89. The van der Waals surface area contributed by atoms with Crippen LogP contribution in [0.4, 0.5) is 8.78 Å². The van der Waals surface area contributed by atoms with Crippen LogP contribution in [-0.4, -0.2) is 24.0 Å². The molecular formula is C12H16F2N2. The van der Waals surface area contributed by atoms with Crippen LogP contribution in [0.5, 0.6) is 0 Å². The van der Waals surface area contributed by atoms with Crippen LogP contribution >= 0.6 is 0 Å². The van der Waals surface area contributed by atoms with Gasteiger partial charge in [-0.25, -0.2) is 8.78 Å². The average molecular weight is 226 g/mol. The third kappa shape index (κ3) is 2.77. The lowest BCUT2D eigenvalue weighted by atomic mass is 10.1. The van der Waals surface area contributed by atoms with Crippen molar-refractivity contribution < 1.29 is 8.78 Å². The first-order valence-electron chi connectivity index (χ1n) is 5.57. The Morgan fingerprint density at radius 1 is 1.38 bits per heavy atom. The van der Waals surface area contributed by atoms with Gasteiger partial charge < -0.3 is 5.73 Å². The molecule has 0 aliphatic carbocycles. The van der Waals surface area contributed by atoms with Gasteiger partial charge >= 0.3 is 0 Å². The number of nitrogens with zero attached hydrogens (tertiary/aromatic N) is 1. The van der Waals surface area contributed by atoms with Crippen LogP contribution in [-0.2, 0) is 6.54 Å². The van der Waals surface area contributed by atoms with Crippen LogP contribution in [0.3, 0.4) is 0 Å². The highest BCUT2D eigenvalue weighted by Gasteiger charge is 2.17. The van der Waals surface area contributed by atoms with Crippen molar-refractivity contribution in [3.8, 4) is 0 Å². The lowest BCUT2D eigenvalue weighted by Crippen LogP contribution is -2.42. The van der Waals surface area contributed by atoms with Crippen molar-refractivity contribution >= 4 is 0 Å². The van der Waals surface area contributed by atoms with Crippen molar-refractivity contribution in [3.63, 3.8) is 0 Å². The van der Waals surface area contributed by atoms with E-state index in [0.29, 0.717) is 12.1 Å². The summed E-state index contributed by atoms with van der Waals surface area (Å²) in [5, 5.41) is 0. The Hall–Kier alpha value is -1.00. The van der Waals surface area contributed by atoms with Gasteiger partial charge in [-0.3, -0.25) is 4.90 Å². The summed E-state index contributed by atoms with van der Waals surface area (Å²) in [6.45, 7) is 2.11. The third-order valence-corrected chi connectivity index (χ3v) is 2.94. The molecule has 1 fully saturated rings. The van der Waals surface area contributed by atoms with Gasteiger partial charge in [0, 0.05) is 24.7 Å². The van der Waals surface area contributed by atoms with E-state index < -0.39 is 5.82 Å². The van der Waals surface area contributed by atoms with Gasteiger partial charge in [-0.2, -0.15) is 0 Å². The average Bonchev–Trinajstić information content (AvgIpc) is 2.24. The molecule has 1 aliphatic rings. The first kappa shape index (κ1) is 11.5. The van der Waals surface area contributed by atoms with Gasteiger partial charge in [-0.05, 0) is 37.6 Å². The number of benzene rings is 1. The third-order valence-electron chi connectivity index (χ3n) is 2.94. The van der Waals surface area contributed by atoms with E-state index in [0.717, 1.165) is 32.0 Å². The van der Waals surface area contributed by atoms with Gasteiger partial charge in [-0.1, -0.05) is 0 Å². The van der Waals surface area contributed by atoms with Crippen LogP contribution in [0.25, 0.3) is 0 Å². The van der Waals surface area contributed by atoms with Gasteiger partial charge in [0.15, 0.2) is 0 Å². The van der Waals surface area contributed by atoms with E-state index in [-0.39, 0.29) is 11.9 Å². The zero-order chi connectivity index (χ0) is 11.5. The summed E-state index contributed by atoms with van der Waals surface area (Å²) < 4.78 is 26.4. The predicted molar refractivity (Wildman–Crippen MR) is 58.8 cm³/mol. The molecule has 1 atom stereocenters. The molecule has 4 heteroatoms. The van der Waals surface area contributed by atoms with Gasteiger partial charge in [0.25, 0.3) is 0 Å². The number of piperidine rings is 1. The molecule has 2 rings (SSSR count). The van der Waals surface area contributed by atoms with Gasteiger partial charge in [0.05, 0.1) is 0 Å². The molecule has 0 amide bonds. The Morgan fingerprint density at radius 3 is 2.94 bits per heavy atom. The maximum Gasteiger partial charge on any atom is 0.127 e. The van der Waals surface area contributed by atoms with Crippen LogP contribution in [0.15, 0.2) is 18.2 Å². The molecule has 1 aliphatic heterocycles. The highest BCUT2D eigenvalue weighted by molar-refractivity contribution is 5.18. The van der Waals surface area contributed by atoms with E-state index in [1.807, 2.05) is 0 Å². The molecule has 2 N–H and O–H groups in total. The fourth-order valence-electron chi connectivity index (χ4n) is 2.14. The molecule has 88 valence electrons. The van der Waals surface area contributed by atoms with Crippen LogP contribution in [0.1, 0.15) is 18.4 Å².